The zero-order valence-electron chi connectivity index (χ0n) is 16.8. The summed E-state index contributed by atoms with van der Waals surface area (Å²) in [6.07, 6.45) is 1.38. The third kappa shape index (κ3) is 4.17. The molecule has 2 aromatic rings. The van der Waals surface area contributed by atoms with Crippen molar-refractivity contribution in [3.8, 4) is 17.7 Å². The molecule has 1 atom stereocenters. The van der Waals surface area contributed by atoms with E-state index in [9.17, 15) is 20.0 Å². The number of carbonyl (C=O) groups excluding carboxylic acids is 1. The predicted octanol–water partition coefficient (Wildman–Crippen LogP) is 2.79. The molecule has 0 radical (unpaired) electrons. The average Bonchev–Trinajstić information content (AvgIpc) is 3.20. The van der Waals surface area contributed by atoms with Crippen LogP contribution in [-0.4, -0.2) is 34.8 Å². The number of ketones is 1. The maximum absolute atomic E-state index is 12.8. The molecule has 0 amide bonds. The Morgan fingerprint density at radius 3 is 2.72 bits per heavy atom. The number of pyridine rings is 1. The van der Waals surface area contributed by atoms with Gasteiger partial charge in [-0.05, 0) is 62.4 Å². The molecule has 1 aromatic carbocycles. The third-order valence-electron chi connectivity index (χ3n) is 5.34. The Balaban J connectivity index is 1.92. The minimum atomic E-state index is -0.621. The van der Waals surface area contributed by atoms with Crippen LogP contribution in [0.3, 0.4) is 0 Å². The Bertz CT molecular complexity index is 1040. The van der Waals surface area contributed by atoms with Gasteiger partial charge in [-0.15, -0.1) is 0 Å². The first-order chi connectivity index (χ1) is 13.8. The first-order valence-electron chi connectivity index (χ1n) is 9.54. The molecule has 1 aromatic heterocycles. The van der Waals surface area contributed by atoms with E-state index in [1.807, 2.05) is 32.0 Å². The highest BCUT2D eigenvalue weighted by Gasteiger charge is 2.26. The van der Waals surface area contributed by atoms with Gasteiger partial charge in [0.25, 0.3) is 5.56 Å². The lowest BCUT2D eigenvalue weighted by Gasteiger charge is -2.18. The highest BCUT2D eigenvalue weighted by molar-refractivity contribution is 6.01. The minimum absolute atomic E-state index is 0.0667. The van der Waals surface area contributed by atoms with E-state index in [0.29, 0.717) is 12.4 Å². The van der Waals surface area contributed by atoms with Crippen LogP contribution in [0.15, 0.2) is 23.0 Å². The number of aromatic hydroxyl groups is 1. The zero-order valence-corrected chi connectivity index (χ0v) is 16.8. The first kappa shape index (κ1) is 20.6. The largest absolute Gasteiger partial charge is 0.494 e. The van der Waals surface area contributed by atoms with Gasteiger partial charge >= 0.3 is 0 Å². The highest BCUT2D eigenvalue weighted by atomic mass is 16.5. The predicted molar refractivity (Wildman–Crippen MR) is 107 cm³/mol. The van der Waals surface area contributed by atoms with Gasteiger partial charge in [0.1, 0.15) is 17.4 Å². The van der Waals surface area contributed by atoms with Crippen LogP contribution in [0.2, 0.25) is 0 Å². The van der Waals surface area contributed by atoms with Gasteiger partial charge in [0.15, 0.2) is 6.61 Å². The van der Waals surface area contributed by atoms with Gasteiger partial charge in [0, 0.05) is 6.61 Å². The van der Waals surface area contributed by atoms with E-state index in [-0.39, 0.29) is 35.9 Å². The van der Waals surface area contributed by atoms with Gasteiger partial charge in [-0.25, -0.2) is 0 Å². The number of Topliss-reactive ketones (excluding diaryl/α,β-unsaturated/α-hetero) is 1. The number of hydrogen-bond acceptors (Lipinski definition) is 6. The summed E-state index contributed by atoms with van der Waals surface area (Å²) in [4.78, 5) is 25.5. The molecule has 0 spiro atoms. The summed E-state index contributed by atoms with van der Waals surface area (Å²) in [6.45, 7) is 5.77. The quantitative estimate of drug-likeness (QED) is 0.754. The fourth-order valence-corrected chi connectivity index (χ4v) is 3.47. The summed E-state index contributed by atoms with van der Waals surface area (Å²) >= 11 is 0. The van der Waals surface area contributed by atoms with Crippen LogP contribution in [0.1, 0.15) is 45.5 Å². The molecule has 0 bridgehead atoms. The van der Waals surface area contributed by atoms with Crippen LogP contribution in [0.4, 0.5) is 0 Å². The van der Waals surface area contributed by atoms with E-state index in [4.69, 9.17) is 9.47 Å². The summed E-state index contributed by atoms with van der Waals surface area (Å²) in [6, 6.07) is 7.35. The first-order valence-corrected chi connectivity index (χ1v) is 9.54. The lowest BCUT2D eigenvalue weighted by Crippen LogP contribution is -2.31. The summed E-state index contributed by atoms with van der Waals surface area (Å²) in [5.41, 5.74) is 1.46. The van der Waals surface area contributed by atoms with E-state index in [1.165, 1.54) is 6.92 Å². The van der Waals surface area contributed by atoms with E-state index in [0.717, 1.165) is 28.5 Å². The monoisotopic (exact) mass is 396 g/mol. The highest BCUT2D eigenvalue weighted by Crippen LogP contribution is 2.25. The van der Waals surface area contributed by atoms with Crippen LogP contribution in [-0.2, 0) is 11.3 Å². The molecule has 7 heteroatoms. The van der Waals surface area contributed by atoms with Crippen molar-refractivity contribution in [2.45, 2.75) is 46.3 Å². The lowest BCUT2D eigenvalue weighted by molar-refractivity contribution is 0.0894. The number of hydrogen-bond donors (Lipinski definition) is 1. The normalized spacial score (nSPS) is 15.9. The molecule has 1 saturated heterocycles. The zero-order chi connectivity index (χ0) is 21.1. The number of nitriles is 1. The SMILES string of the molecule is Cc1ccc(OCC(=O)c2c(C)c(C#N)c(=O)n(CC3CCCO3)c2O)cc1C. The topological polar surface area (TPSA) is 102 Å². The molecule has 1 aliphatic heterocycles. The number of aromatic nitrogens is 1. The second-order valence-corrected chi connectivity index (χ2v) is 7.32. The third-order valence-corrected chi connectivity index (χ3v) is 5.34. The number of benzene rings is 1. The molecule has 3 rings (SSSR count). The van der Waals surface area contributed by atoms with Crippen molar-refractivity contribution in [1.29, 1.82) is 5.26 Å². The molecule has 0 saturated carbocycles. The lowest BCUT2D eigenvalue weighted by atomic mass is 10.0. The molecule has 1 fully saturated rings. The summed E-state index contributed by atoms with van der Waals surface area (Å²) in [5.74, 6) is -0.418. The van der Waals surface area contributed by atoms with Gasteiger partial charge in [-0.1, -0.05) is 6.07 Å². The van der Waals surface area contributed by atoms with Crippen LogP contribution in [0.5, 0.6) is 11.6 Å². The Labute approximate surface area is 169 Å². The Morgan fingerprint density at radius 2 is 2.10 bits per heavy atom. The fraction of sp³-hybridized carbons (Fsp3) is 0.409. The van der Waals surface area contributed by atoms with Crippen LogP contribution >= 0.6 is 0 Å². The number of rotatable bonds is 6. The molecule has 7 nitrogen and oxygen atoms in total. The molecule has 1 unspecified atom stereocenters. The molecule has 29 heavy (non-hydrogen) atoms. The minimum Gasteiger partial charge on any atom is -0.494 e. The molecular weight excluding hydrogens is 372 g/mol. The van der Waals surface area contributed by atoms with Crippen molar-refractivity contribution in [1.82, 2.24) is 4.57 Å². The van der Waals surface area contributed by atoms with E-state index < -0.39 is 17.2 Å². The van der Waals surface area contributed by atoms with E-state index in [1.54, 1.807) is 6.07 Å². The van der Waals surface area contributed by atoms with Gasteiger partial charge < -0.3 is 14.6 Å². The number of aryl methyl sites for hydroxylation is 2. The summed E-state index contributed by atoms with van der Waals surface area (Å²) in [7, 11) is 0. The van der Waals surface area contributed by atoms with Gasteiger partial charge in [0.2, 0.25) is 11.7 Å². The van der Waals surface area contributed by atoms with Crippen LogP contribution in [0, 0.1) is 32.1 Å². The standard InChI is InChI=1S/C22H24N2O5/c1-13-6-7-16(9-14(13)2)29-12-19(25)20-15(3)18(10-23)21(26)24(22(20)27)11-17-5-4-8-28-17/h6-7,9,17,27H,4-5,8,11-12H2,1-3H3. The Hall–Kier alpha value is -3.11. The number of ether oxygens (including phenoxy) is 2. The summed E-state index contributed by atoms with van der Waals surface area (Å²) < 4.78 is 12.2. The maximum Gasteiger partial charge on any atom is 0.271 e. The second-order valence-electron chi connectivity index (χ2n) is 7.32. The van der Waals surface area contributed by atoms with Crippen LogP contribution in [0.25, 0.3) is 0 Å². The van der Waals surface area contributed by atoms with Crippen molar-refractivity contribution in [3.63, 3.8) is 0 Å². The molecule has 1 N–H and O–H groups in total. The van der Waals surface area contributed by atoms with Gasteiger partial charge in [-0.3, -0.25) is 14.2 Å². The molecular formula is C22H24N2O5. The summed E-state index contributed by atoms with van der Waals surface area (Å²) in [5, 5.41) is 20.1. The smallest absolute Gasteiger partial charge is 0.271 e. The van der Waals surface area contributed by atoms with Crippen molar-refractivity contribution in [2.24, 2.45) is 0 Å². The second kappa shape index (κ2) is 8.50. The number of carbonyl (C=O) groups is 1. The average molecular weight is 396 g/mol. The Kier molecular flexibility index (Phi) is 6.04. The van der Waals surface area contributed by atoms with Crippen molar-refractivity contribution < 1.29 is 19.4 Å². The fourth-order valence-electron chi connectivity index (χ4n) is 3.47. The molecule has 2 heterocycles. The molecule has 1 aliphatic rings. The van der Waals surface area contributed by atoms with E-state index >= 15 is 0 Å². The molecule has 0 aliphatic carbocycles. The van der Waals surface area contributed by atoms with Gasteiger partial charge in [-0.2, -0.15) is 5.26 Å². The van der Waals surface area contributed by atoms with Crippen molar-refractivity contribution >= 4 is 5.78 Å². The van der Waals surface area contributed by atoms with Gasteiger partial charge in [0.05, 0.1) is 18.2 Å². The van der Waals surface area contributed by atoms with Crippen molar-refractivity contribution in [3.05, 3.63) is 56.4 Å². The molecule has 152 valence electrons. The van der Waals surface area contributed by atoms with Crippen LogP contribution < -0.4 is 10.3 Å². The Morgan fingerprint density at radius 1 is 1.34 bits per heavy atom. The van der Waals surface area contributed by atoms with Crippen molar-refractivity contribution in [2.75, 3.05) is 13.2 Å². The van der Waals surface area contributed by atoms with E-state index in [2.05, 4.69) is 0 Å². The maximum atomic E-state index is 12.8. The number of nitrogens with zero attached hydrogens (tertiary/aromatic N) is 2.